The summed E-state index contributed by atoms with van der Waals surface area (Å²) in [5.41, 5.74) is 1.09. The lowest BCUT2D eigenvalue weighted by atomic mass is 9.48. The number of nitrogens with zero attached hydrogens (tertiary/aromatic N) is 1. The fourth-order valence-electron chi connectivity index (χ4n) is 7.41. The van der Waals surface area contributed by atoms with Gasteiger partial charge in [-0.2, -0.15) is 0 Å². The minimum atomic E-state index is -0.848. The minimum absolute atomic E-state index is 0.0728. The first-order chi connectivity index (χ1) is 20.6. The van der Waals surface area contributed by atoms with Crippen LogP contribution in [0.4, 0.5) is 0 Å². The van der Waals surface area contributed by atoms with E-state index in [1.54, 1.807) is 14.2 Å². The standard InChI is InChI=1S/C31H49NO10/c1-32-9-8-30-27-23-4-5-24(35-3)28(27)42-29(30)25(6-7-31(30,33)26(32)22-23)41-21-20-40-19-18-39-17-16-38-15-14-37-13-12-36-11-10-34-2/h4-5,25-26,29,33H,6-22H2,1-3H3/t25-,26?,29-,30-,31+/m0/s1. The molecule has 0 aromatic heterocycles. The Kier molecular flexibility index (Phi) is 11.4. The highest BCUT2D eigenvalue weighted by atomic mass is 16.6. The molecule has 5 atom stereocenters. The van der Waals surface area contributed by atoms with Crippen LogP contribution in [-0.2, 0) is 45.0 Å². The average molecular weight is 596 g/mol. The topological polar surface area (TPSA) is 107 Å². The second-order valence-electron chi connectivity index (χ2n) is 11.5. The highest BCUT2D eigenvalue weighted by Crippen LogP contribution is 2.65. The quantitative estimate of drug-likeness (QED) is 0.222. The highest BCUT2D eigenvalue weighted by Gasteiger charge is 2.72. The molecule has 5 rings (SSSR count). The number of ether oxygens (including phenoxy) is 9. The average Bonchev–Trinajstić information content (AvgIpc) is 3.35. The highest BCUT2D eigenvalue weighted by molar-refractivity contribution is 5.62. The summed E-state index contributed by atoms with van der Waals surface area (Å²) in [5.74, 6) is 1.53. The van der Waals surface area contributed by atoms with E-state index in [4.69, 9.17) is 42.6 Å². The molecule has 2 heterocycles. The lowest BCUT2D eigenvalue weighted by Crippen LogP contribution is -2.76. The summed E-state index contributed by atoms with van der Waals surface area (Å²) in [6.45, 7) is 7.19. The summed E-state index contributed by atoms with van der Waals surface area (Å²) in [4.78, 5) is 2.33. The van der Waals surface area contributed by atoms with E-state index in [1.165, 1.54) is 5.56 Å². The Balaban J connectivity index is 0.985. The number of methoxy groups -OCH3 is 2. The van der Waals surface area contributed by atoms with Crippen molar-refractivity contribution in [3.8, 4) is 11.5 Å². The Morgan fingerprint density at radius 1 is 0.833 bits per heavy atom. The third-order valence-corrected chi connectivity index (χ3v) is 9.36. The molecule has 11 nitrogen and oxygen atoms in total. The van der Waals surface area contributed by atoms with E-state index in [9.17, 15) is 5.11 Å². The van der Waals surface area contributed by atoms with Gasteiger partial charge in [0.25, 0.3) is 0 Å². The molecule has 0 radical (unpaired) electrons. The minimum Gasteiger partial charge on any atom is -0.493 e. The van der Waals surface area contributed by atoms with Crippen molar-refractivity contribution in [2.24, 2.45) is 0 Å². The lowest BCUT2D eigenvalue weighted by Gasteiger charge is -2.63. The number of hydrogen-bond donors (Lipinski definition) is 1. The van der Waals surface area contributed by atoms with Crippen molar-refractivity contribution in [2.45, 2.75) is 54.9 Å². The largest absolute Gasteiger partial charge is 0.493 e. The van der Waals surface area contributed by atoms with Gasteiger partial charge in [-0.1, -0.05) is 6.07 Å². The zero-order valence-electron chi connectivity index (χ0n) is 25.5. The van der Waals surface area contributed by atoms with Crippen LogP contribution in [0.1, 0.15) is 30.4 Å². The molecule has 11 heteroatoms. The van der Waals surface area contributed by atoms with Crippen molar-refractivity contribution in [3.05, 3.63) is 23.3 Å². The molecule has 2 aliphatic carbocycles. The Morgan fingerprint density at radius 2 is 1.43 bits per heavy atom. The molecule has 42 heavy (non-hydrogen) atoms. The smallest absolute Gasteiger partial charge is 0.166 e. The van der Waals surface area contributed by atoms with Gasteiger partial charge in [0.1, 0.15) is 6.10 Å². The summed E-state index contributed by atoms with van der Waals surface area (Å²) in [5, 5.41) is 12.3. The molecule has 238 valence electrons. The van der Waals surface area contributed by atoms with Gasteiger partial charge in [-0.15, -0.1) is 0 Å². The maximum absolute atomic E-state index is 12.3. The molecule has 1 spiro atoms. The maximum Gasteiger partial charge on any atom is 0.166 e. The van der Waals surface area contributed by atoms with Crippen LogP contribution in [0.25, 0.3) is 0 Å². The van der Waals surface area contributed by atoms with Gasteiger partial charge in [0.05, 0.1) is 104 Å². The van der Waals surface area contributed by atoms with Crippen LogP contribution in [0, 0.1) is 0 Å². The van der Waals surface area contributed by atoms with Crippen LogP contribution in [0.5, 0.6) is 11.5 Å². The van der Waals surface area contributed by atoms with E-state index in [1.807, 2.05) is 6.07 Å². The lowest BCUT2D eigenvalue weighted by molar-refractivity contribution is -0.213. The third kappa shape index (κ3) is 6.31. The van der Waals surface area contributed by atoms with Gasteiger partial charge < -0.3 is 52.6 Å². The number of likely N-dealkylation sites (tertiary alicyclic amines) is 1. The summed E-state index contributed by atoms with van der Waals surface area (Å²) >= 11 is 0. The van der Waals surface area contributed by atoms with Gasteiger partial charge >= 0.3 is 0 Å². The number of rotatable bonds is 20. The van der Waals surface area contributed by atoms with Crippen LogP contribution in [0.2, 0.25) is 0 Å². The predicted molar refractivity (Wildman–Crippen MR) is 154 cm³/mol. The van der Waals surface area contributed by atoms with E-state index in [0.717, 1.165) is 42.9 Å². The Bertz CT molecular complexity index is 997. The molecular weight excluding hydrogens is 546 g/mol. The van der Waals surface area contributed by atoms with Crippen molar-refractivity contribution >= 4 is 0 Å². The van der Waals surface area contributed by atoms with Gasteiger partial charge in [-0.3, -0.25) is 0 Å². The SMILES string of the molecule is COCCOCCOCCOCCOCCOCCO[C@H]1CC[C@@]2(O)C3Cc4ccc(OC)c5c4[C@@]2(CCN3C)[C@H]1O5. The van der Waals surface area contributed by atoms with Crippen LogP contribution >= 0.6 is 0 Å². The molecule has 1 aromatic rings. The fraction of sp³-hybridized carbons (Fsp3) is 0.806. The number of hydrogen-bond acceptors (Lipinski definition) is 11. The summed E-state index contributed by atoms with van der Waals surface area (Å²) in [7, 11) is 5.46. The van der Waals surface area contributed by atoms with Crippen molar-refractivity contribution in [3.63, 3.8) is 0 Å². The number of likely N-dealkylation sites (N-methyl/N-ethyl adjacent to an activating group) is 1. The molecule has 1 saturated heterocycles. The second-order valence-corrected chi connectivity index (χ2v) is 11.5. The number of aliphatic hydroxyl groups is 1. The Morgan fingerprint density at radius 3 is 2.02 bits per heavy atom. The first kappa shape index (κ1) is 31.9. The molecule has 2 fully saturated rings. The van der Waals surface area contributed by atoms with Gasteiger partial charge in [-0.25, -0.2) is 0 Å². The van der Waals surface area contributed by atoms with E-state index in [-0.39, 0.29) is 18.2 Å². The zero-order chi connectivity index (χ0) is 29.4. The normalized spacial score (nSPS) is 29.4. The van der Waals surface area contributed by atoms with Gasteiger partial charge in [0.2, 0.25) is 0 Å². The van der Waals surface area contributed by atoms with Gasteiger partial charge in [-0.05, 0) is 50.9 Å². The van der Waals surface area contributed by atoms with Crippen LogP contribution in [-0.4, -0.2) is 141 Å². The van der Waals surface area contributed by atoms with E-state index in [2.05, 4.69) is 18.0 Å². The molecule has 1 N–H and O–H groups in total. The van der Waals surface area contributed by atoms with Crippen LogP contribution in [0.3, 0.4) is 0 Å². The van der Waals surface area contributed by atoms with E-state index < -0.39 is 11.0 Å². The second kappa shape index (κ2) is 15.0. The van der Waals surface area contributed by atoms with Gasteiger partial charge in [0, 0.05) is 18.7 Å². The third-order valence-electron chi connectivity index (χ3n) is 9.36. The van der Waals surface area contributed by atoms with Crippen molar-refractivity contribution in [2.75, 3.05) is 107 Å². The summed E-state index contributed by atoms with van der Waals surface area (Å²) in [6, 6.07) is 4.23. The molecule has 4 aliphatic rings. The zero-order valence-corrected chi connectivity index (χ0v) is 25.5. The molecule has 1 aromatic carbocycles. The fourth-order valence-corrected chi connectivity index (χ4v) is 7.41. The Labute approximate surface area is 249 Å². The van der Waals surface area contributed by atoms with Crippen LogP contribution < -0.4 is 9.47 Å². The van der Waals surface area contributed by atoms with Crippen molar-refractivity contribution < 1.29 is 47.7 Å². The molecular formula is C31H49NO10. The predicted octanol–water partition coefficient (Wildman–Crippen LogP) is 1.59. The molecule has 1 saturated carbocycles. The van der Waals surface area contributed by atoms with Crippen molar-refractivity contribution in [1.82, 2.24) is 4.90 Å². The van der Waals surface area contributed by atoms with Crippen molar-refractivity contribution in [1.29, 1.82) is 0 Å². The molecule has 2 aliphatic heterocycles. The monoisotopic (exact) mass is 595 g/mol. The number of benzene rings is 1. The summed E-state index contributed by atoms with van der Waals surface area (Å²) in [6.07, 6.45) is 2.72. The van der Waals surface area contributed by atoms with Gasteiger partial charge in [0.15, 0.2) is 11.5 Å². The maximum atomic E-state index is 12.3. The first-order valence-electron chi connectivity index (χ1n) is 15.4. The number of piperidine rings is 1. The first-order valence-corrected chi connectivity index (χ1v) is 15.4. The van der Waals surface area contributed by atoms with E-state index >= 15 is 0 Å². The van der Waals surface area contributed by atoms with E-state index in [0.29, 0.717) is 85.7 Å². The molecule has 1 unspecified atom stereocenters. The molecule has 0 amide bonds. The Hall–Kier alpha value is -1.54. The molecule has 2 bridgehead atoms. The summed E-state index contributed by atoms with van der Waals surface area (Å²) < 4.78 is 51.3. The van der Waals surface area contributed by atoms with Crippen LogP contribution in [0.15, 0.2) is 12.1 Å².